The van der Waals surface area contributed by atoms with Crippen molar-refractivity contribution in [1.29, 1.82) is 0 Å². The van der Waals surface area contributed by atoms with E-state index in [1.165, 1.54) is 35.0 Å². The lowest BCUT2D eigenvalue weighted by molar-refractivity contribution is 0.439. The van der Waals surface area contributed by atoms with Gasteiger partial charge in [0.05, 0.1) is 10.6 Å². The summed E-state index contributed by atoms with van der Waals surface area (Å²) in [4.78, 5) is 18.3. The van der Waals surface area contributed by atoms with Crippen molar-refractivity contribution in [1.82, 2.24) is 9.55 Å². The number of sulfonamides is 1. The van der Waals surface area contributed by atoms with Gasteiger partial charge in [-0.25, -0.2) is 22.2 Å². The van der Waals surface area contributed by atoms with Gasteiger partial charge in [-0.05, 0) is 55.5 Å². The molecule has 3 heterocycles. The summed E-state index contributed by atoms with van der Waals surface area (Å²) in [6.45, 7) is 1.51. The Balaban J connectivity index is 1.56. The van der Waals surface area contributed by atoms with Crippen molar-refractivity contribution in [2.45, 2.75) is 6.92 Å². The predicted molar refractivity (Wildman–Crippen MR) is 155 cm³/mol. The van der Waals surface area contributed by atoms with Crippen LogP contribution in [0.2, 0.25) is 0 Å². The Kier molecular flexibility index (Phi) is 6.59. The van der Waals surface area contributed by atoms with E-state index in [9.17, 15) is 22.0 Å². The monoisotopic (exact) mass is 593 g/mol. The van der Waals surface area contributed by atoms with Crippen molar-refractivity contribution in [2.24, 2.45) is 7.05 Å². The van der Waals surface area contributed by atoms with E-state index < -0.39 is 21.7 Å². The highest BCUT2D eigenvalue weighted by atomic mass is 32.2. The molecule has 0 aliphatic rings. The number of hydrogen-bond acceptors (Lipinski definition) is 7. The number of nitrogens with zero attached hydrogens (tertiary/aromatic N) is 2. The summed E-state index contributed by atoms with van der Waals surface area (Å²) >= 11 is 1.20. The summed E-state index contributed by atoms with van der Waals surface area (Å²) in [6, 6.07) is 16.5. The van der Waals surface area contributed by atoms with Crippen LogP contribution in [-0.2, 0) is 17.1 Å². The lowest BCUT2D eigenvalue weighted by Crippen LogP contribution is -2.16. The van der Waals surface area contributed by atoms with Crippen LogP contribution in [0, 0.1) is 11.6 Å². The summed E-state index contributed by atoms with van der Waals surface area (Å²) in [5.41, 5.74) is 2.13. The number of anilines is 1. The van der Waals surface area contributed by atoms with Gasteiger partial charge < -0.3 is 13.7 Å². The minimum Gasteiger partial charge on any atom is -0.454 e. The van der Waals surface area contributed by atoms with Crippen LogP contribution in [0.4, 0.5) is 14.5 Å². The lowest BCUT2D eigenvalue weighted by Gasteiger charge is -2.16. The molecule has 3 aromatic heterocycles. The molecule has 0 aliphatic heterocycles. The highest BCUT2D eigenvalue weighted by Crippen LogP contribution is 2.42. The maximum atomic E-state index is 14.5. The average Bonchev–Trinajstić information content (AvgIpc) is 3.58. The number of pyridine rings is 1. The van der Waals surface area contributed by atoms with Gasteiger partial charge >= 0.3 is 0 Å². The number of halogens is 2. The van der Waals surface area contributed by atoms with Gasteiger partial charge in [-0.1, -0.05) is 12.1 Å². The number of hydrogen-bond donors (Lipinski definition) is 1. The summed E-state index contributed by atoms with van der Waals surface area (Å²) in [6.07, 6.45) is 1.59. The first-order valence-corrected chi connectivity index (χ1v) is 14.9. The molecule has 0 saturated carbocycles. The van der Waals surface area contributed by atoms with Crippen molar-refractivity contribution in [3.63, 3.8) is 0 Å². The maximum absolute atomic E-state index is 14.5. The Morgan fingerprint density at radius 3 is 2.56 bits per heavy atom. The first-order valence-electron chi connectivity index (χ1n) is 12.4. The van der Waals surface area contributed by atoms with Crippen LogP contribution >= 0.6 is 11.3 Å². The first kappa shape index (κ1) is 26.7. The number of nitrogens with one attached hydrogen (secondary N) is 1. The number of ether oxygens (including phenoxy) is 1. The third-order valence-corrected chi connectivity index (χ3v) is 8.82. The molecule has 41 heavy (non-hydrogen) atoms. The van der Waals surface area contributed by atoms with Crippen LogP contribution in [0.3, 0.4) is 0 Å². The van der Waals surface area contributed by atoms with E-state index in [-0.39, 0.29) is 28.5 Å². The second-order valence-electron chi connectivity index (χ2n) is 9.19. The highest BCUT2D eigenvalue weighted by molar-refractivity contribution is 7.92. The fourth-order valence-electron chi connectivity index (χ4n) is 4.35. The van der Waals surface area contributed by atoms with Gasteiger partial charge in [-0.15, -0.1) is 11.3 Å². The number of benzene rings is 3. The van der Waals surface area contributed by atoms with Crippen molar-refractivity contribution < 1.29 is 26.4 Å². The summed E-state index contributed by atoms with van der Waals surface area (Å²) < 4.78 is 68.9. The van der Waals surface area contributed by atoms with Gasteiger partial charge in [0.15, 0.2) is 17.1 Å². The molecular formula is C29H21F2N3O5S2. The molecule has 0 saturated heterocycles. The van der Waals surface area contributed by atoms with Gasteiger partial charge in [0, 0.05) is 41.5 Å². The van der Waals surface area contributed by atoms with Crippen LogP contribution in [0.15, 0.2) is 82.1 Å². The Labute approximate surface area is 236 Å². The number of fused-ring (bicyclic) bond motifs is 2. The molecule has 3 aromatic carbocycles. The zero-order valence-corrected chi connectivity index (χ0v) is 23.3. The molecule has 0 aliphatic carbocycles. The molecule has 0 bridgehead atoms. The normalized spacial score (nSPS) is 11.8. The van der Waals surface area contributed by atoms with Gasteiger partial charge in [-0.2, -0.15) is 0 Å². The van der Waals surface area contributed by atoms with Crippen LogP contribution in [0.1, 0.15) is 6.92 Å². The zero-order chi connectivity index (χ0) is 28.9. The molecule has 0 amide bonds. The summed E-state index contributed by atoms with van der Waals surface area (Å²) in [5, 5.41) is 0.537. The smallest absolute Gasteiger partial charge is 0.268 e. The molecule has 0 unspecified atom stereocenters. The SMILES string of the molecule is CCS(=O)(=O)Nc1ccc(Oc2ccc(F)cc2F)c(-c2cn(C)c(=O)c3sc(-c4nc5ccccc5o4)cc23)c1. The number of rotatable bonds is 7. The Bertz CT molecular complexity index is 2100. The van der Waals surface area contributed by atoms with E-state index in [0.717, 1.165) is 12.1 Å². The molecule has 208 valence electrons. The number of thiophene rings is 1. The third kappa shape index (κ3) is 5.07. The molecule has 8 nitrogen and oxygen atoms in total. The molecule has 0 atom stereocenters. The second-order valence-corrected chi connectivity index (χ2v) is 12.3. The van der Waals surface area contributed by atoms with Crippen LogP contribution < -0.4 is 15.0 Å². The van der Waals surface area contributed by atoms with Gasteiger partial charge in [-0.3, -0.25) is 9.52 Å². The van der Waals surface area contributed by atoms with E-state index in [0.29, 0.717) is 49.1 Å². The maximum Gasteiger partial charge on any atom is 0.268 e. The lowest BCUT2D eigenvalue weighted by atomic mass is 10.0. The Morgan fingerprint density at radius 2 is 1.80 bits per heavy atom. The third-order valence-electron chi connectivity index (χ3n) is 6.40. The number of oxazole rings is 1. The predicted octanol–water partition coefficient (Wildman–Crippen LogP) is 6.91. The molecule has 1 N–H and O–H groups in total. The van der Waals surface area contributed by atoms with E-state index in [4.69, 9.17) is 9.15 Å². The second kappa shape index (κ2) is 10.1. The van der Waals surface area contributed by atoms with Crippen molar-refractivity contribution in [2.75, 3.05) is 10.5 Å². The van der Waals surface area contributed by atoms with E-state index in [1.54, 1.807) is 31.4 Å². The van der Waals surface area contributed by atoms with Crippen LogP contribution in [0.25, 0.3) is 43.1 Å². The molecule has 0 spiro atoms. The minimum absolute atomic E-state index is 0.149. The number of para-hydroxylation sites is 2. The molecule has 0 fully saturated rings. The van der Waals surface area contributed by atoms with Crippen molar-refractivity contribution in [3.8, 4) is 33.4 Å². The van der Waals surface area contributed by atoms with Gasteiger partial charge in [0.1, 0.15) is 21.8 Å². The Morgan fingerprint density at radius 1 is 1.02 bits per heavy atom. The van der Waals surface area contributed by atoms with E-state index in [1.807, 2.05) is 18.2 Å². The topological polar surface area (TPSA) is 103 Å². The Hall–Kier alpha value is -4.55. The molecule has 12 heteroatoms. The molecule has 6 rings (SSSR count). The van der Waals surface area contributed by atoms with Gasteiger partial charge in [0.25, 0.3) is 5.56 Å². The fraction of sp³-hybridized carbons (Fsp3) is 0.103. The first-order chi connectivity index (χ1) is 19.6. The standard InChI is InChI=1S/C29H21F2N3O5S2/c1-3-41(36,37)33-17-9-11-23(38-24-10-8-16(30)12-21(24)31)18(13-17)20-15-34(2)29(35)27-19(20)14-26(40-27)28-32-22-6-4-5-7-25(22)39-28/h4-15,33H,3H2,1-2H3. The number of aryl methyl sites for hydroxylation is 1. The van der Waals surface area contributed by atoms with Gasteiger partial charge in [0.2, 0.25) is 15.9 Å². The number of aromatic nitrogens is 2. The van der Waals surface area contributed by atoms with Crippen molar-refractivity contribution in [3.05, 3.63) is 94.9 Å². The largest absolute Gasteiger partial charge is 0.454 e. The van der Waals surface area contributed by atoms with E-state index >= 15 is 0 Å². The molecule has 6 aromatic rings. The van der Waals surface area contributed by atoms with Crippen LogP contribution in [0.5, 0.6) is 11.5 Å². The fourth-order valence-corrected chi connectivity index (χ4v) is 6.06. The summed E-state index contributed by atoms with van der Waals surface area (Å²) in [7, 11) is -2.03. The highest BCUT2D eigenvalue weighted by Gasteiger charge is 2.21. The quantitative estimate of drug-likeness (QED) is 0.216. The average molecular weight is 594 g/mol. The zero-order valence-electron chi connectivity index (χ0n) is 21.6. The summed E-state index contributed by atoms with van der Waals surface area (Å²) in [5.74, 6) is -1.55. The van der Waals surface area contributed by atoms with Crippen molar-refractivity contribution >= 4 is 48.2 Å². The van der Waals surface area contributed by atoms with E-state index in [2.05, 4.69) is 9.71 Å². The minimum atomic E-state index is -3.62. The molecule has 0 radical (unpaired) electrons. The molecular weight excluding hydrogens is 572 g/mol. The van der Waals surface area contributed by atoms with Crippen LogP contribution in [-0.4, -0.2) is 23.7 Å².